The van der Waals surface area contributed by atoms with Gasteiger partial charge in [0.25, 0.3) is 5.91 Å². The van der Waals surface area contributed by atoms with Gasteiger partial charge in [0.1, 0.15) is 12.0 Å². The molecule has 7 nitrogen and oxygen atoms in total. The Balaban J connectivity index is 1.57. The predicted molar refractivity (Wildman–Crippen MR) is 88.7 cm³/mol. The number of hydrogen-bond donors (Lipinski definition) is 2. The maximum Gasteiger partial charge on any atom is 0.270 e. The van der Waals surface area contributed by atoms with E-state index in [1.165, 1.54) is 12.5 Å². The fraction of sp³-hybridized carbons (Fsp3) is 0.471. The van der Waals surface area contributed by atoms with Crippen LogP contribution in [-0.4, -0.2) is 47.4 Å². The molecule has 0 radical (unpaired) electrons. The Labute approximate surface area is 139 Å². The number of rotatable bonds is 4. The van der Waals surface area contributed by atoms with Gasteiger partial charge in [0.15, 0.2) is 5.58 Å². The summed E-state index contributed by atoms with van der Waals surface area (Å²) in [6.45, 7) is 4.42. The largest absolute Gasteiger partial charge is 0.460 e. The first-order valence-electron chi connectivity index (χ1n) is 8.29. The SMILES string of the molecule is C[C@H]1[C@H](NC(=O)c2cc3c(NC=O)coc3cn2)C2CCN1CC2. The number of carbonyl (C=O) groups excluding carboxylic acids is 2. The Bertz CT molecular complexity index is 777. The molecule has 0 spiro atoms. The molecule has 0 aromatic carbocycles. The highest BCUT2D eigenvalue weighted by molar-refractivity contribution is 6.00. The monoisotopic (exact) mass is 328 g/mol. The highest BCUT2D eigenvalue weighted by Gasteiger charge is 2.40. The van der Waals surface area contributed by atoms with E-state index in [9.17, 15) is 9.59 Å². The molecular formula is C17H20N4O3. The van der Waals surface area contributed by atoms with Crippen LogP contribution in [-0.2, 0) is 4.79 Å². The molecular weight excluding hydrogens is 308 g/mol. The van der Waals surface area contributed by atoms with Gasteiger partial charge in [-0.2, -0.15) is 0 Å². The Morgan fingerprint density at radius 1 is 1.42 bits per heavy atom. The second-order valence-corrected chi connectivity index (χ2v) is 6.59. The molecule has 3 aliphatic heterocycles. The lowest BCUT2D eigenvalue weighted by Gasteiger charge is -2.49. The Hall–Kier alpha value is -2.41. The molecule has 2 amide bonds. The number of fused-ring (bicyclic) bond motifs is 4. The van der Waals surface area contributed by atoms with E-state index in [2.05, 4.69) is 27.4 Å². The average molecular weight is 328 g/mol. The van der Waals surface area contributed by atoms with Gasteiger partial charge in [0, 0.05) is 17.5 Å². The van der Waals surface area contributed by atoms with Crippen LogP contribution in [0, 0.1) is 5.92 Å². The third kappa shape index (κ3) is 2.45. The molecule has 3 fully saturated rings. The van der Waals surface area contributed by atoms with Crippen molar-refractivity contribution in [2.75, 3.05) is 18.4 Å². The Kier molecular flexibility index (Phi) is 3.72. The van der Waals surface area contributed by atoms with Crippen molar-refractivity contribution < 1.29 is 14.0 Å². The molecule has 2 aromatic rings. The summed E-state index contributed by atoms with van der Waals surface area (Å²) in [4.78, 5) is 29.9. The fourth-order valence-electron chi connectivity index (χ4n) is 4.00. The summed E-state index contributed by atoms with van der Waals surface area (Å²) in [5.41, 5.74) is 1.40. The van der Waals surface area contributed by atoms with E-state index in [1.54, 1.807) is 6.07 Å². The molecule has 0 unspecified atom stereocenters. The van der Waals surface area contributed by atoms with Gasteiger partial charge in [0.2, 0.25) is 6.41 Å². The molecule has 5 rings (SSSR count). The summed E-state index contributed by atoms with van der Waals surface area (Å²) in [6.07, 6.45) is 5.81. The van der Waals surface area contributed by atoms with Crippen LogP contribution in [0.2, 0.25) is 0 Å². The lowest BCUT2D eigenvalue weighted by atomic mass is 9.79. The molecule has 126 valence electrons. The molecule has 3 saturated heterocycles. The van der Waals surface area contributed by atoms with Crippen molar-refractivity contribution in [3.8, 4) is 0 Å². The number of aromatic nitrogens is 1. The summed E-state index contributed by atoms with van der Waals surface area (Å²) >= 11 is 0. The topological polar surface area (TPSA) is 87.5 Å². The quantitative estimate of drug-likeness (QED) is 0.833. The summed E-state index contributed by atoms with van der Waals surface area (Å²) in [7, 11) is 0. The second kappa shape index (κ2) is 5.90. The fourth-order valence-corrected chi connectivity index (χ4v) is 4.00. The summed E-state index contributed by atoms with van der Waals surface area (Å²) < 4.78 is 5.32. The summed E-state index contributed by atoms with van der Waals surface area (Å²) in [6, 6.07) is 2.17. The van der Waals surface area contributed by atoms with Crippen LogP contribution in [0.5, 0.6) is 0 Å². The lowest BCUT2D eigenvalue weighted by Crippen LogP contribution is -2.62. The lowest BCUT2D eigenvalue weighted by molar-refractivity contribution is -0.105. The highest BCUT2D eigenvalue weighted by Crippen LogP contribution is 2.32. The van der Waals surface area contributed by atoms with E-state index in [1.807, 2.05) is 0 Å². The van der Waals surface area contributed by atoms with Gasteiger partial charge in [-0.15, -0.1) is 0 Å². The molecule has 2 atom stereocenters. The Morgan fingerprint density at radius 3 is 2.92 bits per heavy atom. The van der Waals surface area contributed by atoms with Crippen molar-refractivity contribution in [3.63, 3.8) is 0 Å². The number of nitrogens with zero attached hydrogens (tertiary/aromatic N) is 2. The molecule has 3 aliphatic rings. The van der Waals surface area contributed by atoms with Crippen molar-refractivity contribution in [3.05, 3.63) is 24.2 Å². The van der Waals surface area contributed by atoms with E-state index >= 15 is 0 Å². The normalized spacial score (nSPS) is 28.7. The molecule has 5 heterocycles. The van der Waals surface area contributed by atoms with Crippen LogP contribution in [0.3, 0.4) is 0 Å². The second-order valence-electron chi connectivity index (χ2n) is 6.59. The standard InChI is InChI=1S/C17H20N4O3/c1-10-16(11-2-4-21(10)5-3-11)20-17(23)13-6-12-14(19-9-22)8-24-15(12)7-18-13/h6-11,16H,2-5H2,1H3,(H,19,22)(H,20,23)/t10-,16-/m0/s1. The van der Waals surface area contributed by atoms with Crippen LogP contribution < -0.4 is 10.6 Å². The summed E-state index contributed by atoms with van der Waals surface area (Å²) in [5.74, 6) is 0.361. The first-order chi connectivity index (χ1) is 11.7. The average Bonchev–Trinajstić information content (AvgIpc) is 3.01. The van der Waals surface area contributed by atoms with Gasteiger partial charge < -0.3 is 15.1 Å². The van der Waals surface area contributed by atoms with Gasteiger partial charge >= 0.3 is 0 Å². The van der Waals surface area contributed by atoms with Crippen LogP contribution in [0.25, 0.3) is 11.0 Å². The van der Waals surface area contributed by atoms with Gasteiger partial charge in [-0.25, -0.2) is 4.98 Å². The number of amides is 2. The zero-order chi connectivity index (χ0) is 16.7. The molecule has 2 aromatic heterocycles. The third-order valence-electron chi connectivity index (χ3n) is 5.38. The molecule has 24 heavy (non-hydrogen) atoms. The predicted octanol–water partition coefficient (Wildman–Crippen LogP) is 1.61. The van der Waals surface area contributed by atoms with Crippen molar-refractivity contribution in [1.29, 1.82) is 0 Å². The van der Waals surface area contributed by atoms with E-state index in [-0.39, 0.29) is 11.9 Å². The van der Waals surface area contributed by atoms with E-state index in [4.69, 9.17) is 4.42 Å². The van der Waals surface area contributed by atoms with E-state index in [0.29, 0.717) is 40.7 Å². The zero-order valence-corrected chi connectivity index (χ0v) is 13.5. The number of anilines is 1. The van der Waals surface area contributed by atoms with Gasteiger partial charge in [-0.1, -0.05) is 0 Å². The Morgan fingerprint density at radius 2 is 2.21 bits per heavy atom. The minimum absolute atomic E-state index is 0.161. The number of nitrogens with one attached hydrogen (secondary N) is 2. The highest BCUT2D eigenvalue weighted by atomic mass is 16.3. The van der Waals surface area contributed by atoms with E-state index < -0.39 is 0 Å². The maximum absolute atomic E-state index is 12.7. The third-order valence-corrected chi connectivity index (χ3v) is 5.38. The van der Waals surface area contributed by atoms with Crippen molar-refractivity contribution in [2.24, 2.45) is 5.92 Å². The number of piperidine rings is 3. The number of hydrogen-bond acceptors (Lipinski definition) is 5. The molecule has 2 N–H and O–H groups in total. The van der Waals surface area contributed by atoms with E-state index in [0.717, 1.165) is 25.9 Å². The molecule has 2 bridgehead atoms. The van der Waals surface area contributed by atoms with Crippen LogP contribution in [0.1, 0.15) is 30.3 Å². The van der Waals surface area contributed by atoms with Crippen LogP contribution in [0.15, 0.2) is 22.9 Å². The van der Waals surface area contributed by atoms with Crippen molar-refractivity contribution in [2.45, 2.75) is 31.8 Å². The number of pyridine rings is 1. The number of carbonyl (C=O) groups is 2. The molecule has 0 aliphatic carbocycles. The van der Waals surface area contributed by atoms with Crippen molar-refractivity contribution >= 4 is 29.0 Å². The first-order valence-corrected chi connectivity index (χ1v) is 8.29. The summed E-state index contributed by atoms with van der Waals surface area (Å²) in [5, 5.41) is 6.40. The van der Waals surface area contributed by atoms with Gasteiger partial charge in [-0.3, -0.25) is 14.5 Å². The minimum atomic E-state index is -0.180. The van der Waals surface area contributed by atoms with Gasteiger partial charge in [-0.05, 0) is 44.8 Å². The smallest absolute Gasteiger partial charge is 0.270 e. The minimum Gasteiger partial charge on any atom is -0.460 e. The maximum atomic E-state index is 12.7. The van der Waals surface area contributed by atoms with Crippen molar-refractivity contribution in [1.82, 2.24) is 15.2 Å². The first kappa shape index (κ1) is 15.1. The van der Waals surface area contributed by atoms with Crippen LogP contribution >= 0.6 is 0 Å². The van der Waals surface area contributed by atoms with Gasteiger partial charge in [0.05, 0.1) is 11.9 Å². The molecule has 7 heteroatoms. The number of furan rings is 1. The van der Waals surface area contributed by atoms with Crippen LogP contribution in [0.4, 0.5) is 5.69 Å². The molecule has 0 saturated carbocycles. The zero-order valence-electron chi connectivity index (χ0n) is 13.5.